The van der Waals surface area contributed by atoms with E-state index in [4.69, 9.17) is 23.2 Å². The Morgan fingerprint density at radius 1 is 1.06 bits per heavy atom. The third-order valence-electron chi connectivity index (χ3n) is 5.37. The summed E-state index contributed by atoms with van der Waals surface area (Å²) in [6.45, 7) is 6.01. The zero-order valence-electron chi connectivity index (χ0n) is 19.4. The van der Waals surface area contributed by atoms with Crippen molar-refractivity contribution < 1.29 is 14.5 Å². The van der Waals surface area contributed by atoms with Crippen molar-refractivity contribution in [3.05, 3.63) is 73.8 Å². The Morgan fingerprint density at radius 2 is 1.71 bits per heavy atom. The van der Waals surface area contributed by atoms with E-state index in [9.17, 15) is 19.7 Å². The highest BCUT2D eigenvalue weighted by molar-refractivity contribution is 7.99. The second-order valence-corrected chi connectivity index (χ2v) is 9.73. The van der Waals surface area contributed by atoms with Gasteiger partial charge in [0.1, 0.15) is 6.04 Å². The molecule has 0 spiro atoms. The van der Waals surface area contributed by atoms with Crippen LogP contribution in [0.2, 0.25) is 10.0 Å². The maximum atomic E-state index is 13.3. The van der Waals surface area contributed by atoms with Gasteiger partial charge in [-0.05, 0) is 43.0 Å². The Hall–Kier alpha value is -2.29. The van der Waals surface area contributed by atoms with Crippen LogP contribution in [0.15, 0.2) is 42.5 Å². The molecule has 2 aromatic carbocycles. The molecule has 2 amide bonds. The van der Waals surface area contributed by atoms with Gasteiger partial charge in [-0.15, -0.1) is 11.8 Å². The van der Waals surface area contributed by atoms with Crippen molar-refractivity contribution in [3.8, 4) is 0 Å². The molecule has 0 fully saturated rings. The Kier molecular flexibility index (Phi) is 11.1. The predicted octanol–water partition coefficient (Wildman–Crippen LogP) is 5.86. The lowest BCUT2D eigenvalue weighted by Crippen LogP contribution is -2.51. The zero-order valence-corrected chi connectivity index (χ0v) is 21.8. The van der Waals surface area contributed by atoms with Crippen molar-refractivity contribution in [2.45, 2.75) is 58.0 Å². The van der Waals surface area contributed by atoms with Gasteiger partial charge in [0.25, 0.3) is 5.69 Å². The molecule has 2 rings (SSSR count). The van der Waals surface area contributed by atoms with Crippen LogP contribution in [0.3, 0.4) is 0 Å². The monoisotopic (exact) mass is 525 g/mol. The van der Waals surface area contributed by atoms with E-state index in [2.05, 4.69) is 5.32 Å². The molecule has 0 saturated heterocycles. The summed E-state index contributed by atoms with van der Waals surface area (Å²) in [6, 6.07) is 10.8. The highest BCUT2D eigenvalue weighted by Gasteiger charge is 2.29. The fraction of sp³-hybridized carbons (Fsp3) is 0.417. The summed E-state index contributed by atoms with van der Waals surface area (Å²) in [5.74, 6) is 0.306. The molecule has 2 aromatic rings. The van der Waals surface area contributed by atoms with E-state index < -0.39 is 11.0 Å². The van der Waals surface area contributed by atoms with E-state index in [1.165, 1.54) is 23.9 Å². The van der Waals surface area contributed by atoms with Gasteiger partial charge < -0.3 is 10.2 Å². The largest absolute Gasteiger partial charge is 0.352 e. The number of carbonyl (C=O) groups is 2. The number of halogens is 2. The van der Waals surface area contributed by atoms with Crippen LogP contribution in [-0.4, -0.2) is 39.5 Å². The predicted molar refractivity (Wildman–Crippen MR) is 138 cm³/mol. The van der Waals surface area contributed by atoms with Gasteiger partial charge in [0.15, 0.2) is 0 Å². The third kappa shape index (κ3) is 8.18. The van der Waals surface area contributed by atoms with Crippen LogP contribution in [0.5, 0.6) is 0 Å². The molecular weight excluding hydrogens is 497 g/mol. The van der Waals surface area contributed by atoms with E-state index in [0.717, 1.165) is 17.5 Å². The van der Waals surface area contributed by atoms with Crippen molar-refractivity contribution >= 4 is 52.5 Å². The summed E-state index contributed by atoms with van der Waals surface area (Å²) < 4.78 is 0. The standard InChI is InChI=1S/C24H29Cl2N3O4S/c1-4-16(3)27-24(31)22(5-2)28(13-18-8-11-20(25)21(26)12-18)23(30)15-34-14-17-6-9-19(10-7-17)29(32)33/h6-12,16,22H,4-5,13-15H2,1-3H3,(H,27,31)/t16-,22-/m0/s1. The molecule has 7 nitrogen and oxygen atoms in total. The average molecular weight is 526 g/mol. The number of thioether (sulfide) groups is 1. The Morgan fingerprint density at radius 3 is 2.26 bits per heavy atom. The third-order valence-corrected chi connectivity index (χ3v) is 7.09. The van der Waals surface area contributed by atoms with E-state index in [1.54, 1.807) is 35.2 Å². The minimum Gasteiger partial charge on any atom is -0.352 e. The molecular formula is C24H29Cl2N3O4S. The number of carbonyl (C=O) groups excluding carboxylic acids is 2. The first-order valence-electron chi connectivity index (χ1n) is 11.0. The second kappa shape index (κ2) is 13.6. The number of rotatable bonds is 12. The lowest BCUT2D eigenvalue weighted by molar-refractivity contribution is -0.384. The molecule has 0 saturated carbocycles. The number of nitrogens with zero attached hydrogens (tertiary/aromatic N) is 2. The molecule has 1 N–H and O–H groups in total. The highest BCUT2D eigenvalue weighted by atomic mass is 35.5. The number of hydrogen-bond donors (Lipinski definition) is 1. The van der Waals surface area contributed by atoms with Crippen LogP contribution in [0, 0.1) is 10.1 Å². The van der Waals surface area contributed by atoms with Crippen LogP contribution in [0.25, 0.3) is 0 Å². The normalized spacial score (nSPS) is 12.6. The number of nitro benzene ring substituents is 1. The molecule has 0 aliphatic heterocycles. The van der Waals surface area contributed by atoms with Crippen LogP contribution < -0.4 is 5.32 Å². The van der Waals surface area contributed by atoms with Crippen LogP contribution >= 0.6 is 35.0 Å². The molecule has 0 aliphatic carbocycles. The summed E-state index contributed by atoms with van der Waals surface area (Å²) in [4.78, 5) is 38.2. The molecule has 0 aromatic heterocycles. The van der Waals surface area contributed by atoms with Gasteiger partial charge >= 0.3 is 0 Å². The number of hydrogen-bond acceptors (Lipinski definition) is 5. The fourth-order valence-electron chi connectivity index (χ4n) is 3.25. The van der Waals surface area contributed by atoms with Crippen LogP contribution in [0.1, 0.15) is 44.7 Å². The molecule has 0 bridgehead atoms. The van der Waals surface area contributed by atoms with Gasteiger partial charge in [0.05, 0.1) is 20.7 Å². The van der Waals surface area contributed by atoms with E-state index in [0.29, 0.717) is 22.2 Å². The summed E-state index contributed by atoms with van der Waals surface area (Å²) in [5, 5.41) is 14.6. The smallest absolute Gasteiger partial charge is 0.269 e. The van der Waals surface area contributed by atoms with Crippen molar-refractivity contribution in [1.82, 2.24) is 10.2 Å². The van der Waals surface area contributed by atoms with Crippen molar-refractivity contribution in [2.24, 2.45) is 0 Å². The highest BCUT2D eigenvalue weighted by Crippen LogP contribution is 2.25. The number of nitrogens with one attached hydrogen (secondary N) is 1. The number of amides is 2. The maximum Gasteiger partial charge on any atom is 0.269 e. The summed E-state index contributed by atoms with van der Waals surface area (Å²) in [5.41, 5.74) is 1.68. The number of nitro groups is 1. The first kappa shape index (κ1) is 28.0. The SMILES string of the molecule is CC[C@H](C)NC(=O)[C@H](CC)N(Cc1ccc(Cl)c(Cl)c1)C(=O)CSCc1ccc([N+](=O)[O-])cc1. The van der Waals surface area contributed by atoms with Crippen LogP contribution in [0.4, 0.5) is 5.69 Å². The van der Waals surface area contributed by atoms with Gasteiger partial charge in [0, 0.05) is 30.5 Å². The minimum atomic E-state index is -0.629. The maximum absolute atomic E-state index is 13.3. The first-order valence-corrected chi connectivity index (χ1v) is 12.9. The van der Waals surface area contributed by atoms with Gasteiger partial charge in [-0.1, -0.05) is 55.2 Å². The summed E-state index contributed by atoms with van der Waals surface area (Å²) >= 11 is 13.6. The molecule has 184 valence electrons. The Balaban J connectivity index is 2.15. The number of non-ortho nitro benzene ring substituents is 1. The van der Waals surface area contributed by atoms with Crippen molar-refractivity contribution in [1.29, 1.82) is 0 Å². The number of benzene rings is 2. The molecule has 10 heteroatoms. The Labute approximate surface area is 214 Å². The molecule has 34 heavy (non-hydrogen) atoms. The molecule has 0 unspecified atom stereocenters. The van der Waals surface area contributed by atoms with E-state index >= 15 is 0 Å². The summed E-state index contributed by atoms with van der Waals surface area (Å²) in [6.07, 6.45) is 1.25. The lowest BCUT2D eigenvalue weighted by Gasteiger charge is -2.31. The van der Waals surface area contributed by atoms with E-state index in [-0.39, 0.29) is 35.8 Å². The fourth-order valence-corrected chi connectivity index (χ4v) is 4.44. The van der Waals surface area contributed by atoms with Gasteiger partial charge in [-0.2, -0.15) is 0 Å². The van der Waals surface area contributed by atoms with Crippen molar-refractivity contribution in [2.75, 3.05) is 5.75 Å². The van der Waals surface area contributed by atoms with Gasteiger partial charge in [-0.3, -0.25) is 19.7 Å². The summed E-state index contributed by atoms with van der Waals surface area (Å²) in [7, 11) is 0. The van der Waals surface area contributed by atoms with Crippen molar-refractivity contribution in [3.63, 3.8) is 0 Å². The van der Waals surface area contributed by atoms with Gasteiger partial charge in [0.2, 0.25) is 11.8 Å². The zero-order chi connectivity index (χ0) is 25.3. The molecule has 0 radical (unpaired) electrons. The average Bonchev–Trinajstić information content (AvgIpc) is 2.81. The van der Waals surface area contributed by atoms with Crippen LogP contribution in [-0.2, 0) is 21.9 Å². The first-order chi connectivity index (χ1) is 16.2. The topological polar surface area (TPSA) is 92.6 Å². The molecule has 0 heterocycles. The van der Waals surface area contributed by atoms with E-state index in [1.807, 2.05) is 20.8 Å². The molecule has 0 aliphatic rings. The second-order valence-electron chi connectivity index (χ2n) is 7.93. The van der Waals surface area contributed by atoms with Gasteiger partial charge in [-0.25, -0.2) is 0 Å². The quantitative estimate of drug-likeness (QED) is 0.276. The minimum absolute atomic E-state index is 0.00000860. The lowest BCUT2D eigenvalue weighted by atomic mass is 10.1. The Bertz CT molecular complexity index is 1000. The molecule has 2 atom stereocenters.